The lowest BCUT2D eigenvalue weighted by Gasteiger charge is -2.05. The summed E-state index contributed by atoms with van der Waals surface area (Å²) in [4.78, 5) is 11.2. The van der Waals surface area contributed by atoms with Crippen LogP contribution in [0.15, 0.2) is 12.1 Å². The molecule has 0 unspecified atom stereocenters. The molecule has 0 aliphatic rings. The molecule has 0 bridgehead atoms. The molecule has 0 fully saturated rings. The SMILES string of the molecule is CCOCOC(=O)c1cc(F)c(F)c(F)c1. The molecule has 0 heterocycles. The molecule has 0 aliphatic carbocycles. The van der Waals surface area contributed by atoms with Crippen molar-refractivity contribution >= 4 is 5.97 Å². The molecule has 0 spiro atoms. The average molecular weight is 234 g/mol. The highest BCUT2D eigenvalue weighted by atomic mass is 19.2. The van der Waals surface area contributed by atoms with E-state index < -0.39 is 29.0 Å². The topological polar surface area (TPSA) is 35.5 Å². The van der Waals surface area contributed by atoms with Gasteiger partial charge >= 0.3 is 5.97 Å². The molecule has 3 nitrogen and oxygen atoms in total. The highest BCUT2D eigenvalue weighted by Crippen LogP contribution is 2.14. The van der Waals surface area contributed by atoms with Crippen molar-refractivity contribution in [3.8, 4) is 0 Å². The molecule has 0 atom stereocenters. The lowest BCUT2D eigenvalue weighted by molar-refractivity contribution is -0.0275. The van der Waals surface area contributed by atoms with Crippen LogP contribution in [0, 0.1) is 17.5 Å². The van der Waals surface area contributed by atoms with E-state index >= 15 is 0 Å². The lowest BCUT2D eigenvalue weighted by atomic mass is 10.2. The lowest BCUT2D eigenvalue weighted by Crippen LogP contribution is -2.10. The first-order chi connectivity index (χ1) is 7.56. The molecule has 88 valence electrons. The zero-order valence-corrected chi connectivity index (χ0v) is 8.43. The van der Waals surface area contributed by atoms with Crippen LogP contribution in [0.2, 0.25) is 0 Å². The van der Waals surface area contributed by atoms with Crippen LogP contribution in [0.1, 0.15) is 17.3 Å². The minimum Gasteiger partial charge on any atom is -0.435 e. The van der Waals surface area contributed by atoms with Crippen LogP contribution in [0.4, 0.5) is 13.2 Å². The van der Waals surface area contributed by atoms with E-state index in [1.54, 1.807) is 6.92 Å². The molecule has 0 N–H and O–H groups in total. The summed E-state index contributed by atoms with van der Waals surface area (Å²) in [6.07, 6.45) is 0. The largest absolute Gasteiger partial charge is 0.435 e. The fourth-order valence-electron chi connectivity index (χ4n) is 0.935. The van der Waals surface area contributed by atoms with Crippen molar-refractivity contribution in [2.75, 3.05) is 13.4 Å². The Kier molecular flexibility index (Phi) is 4.30. The van der Waals surface area contributed by atoms with Crippen LogP contribution in [0.3, 0.4) is 0 Å². The normalized spacial score (nSPS) is 10.2. The van der Waals surface area contributed by atoms with E-state index in [2.05, 4.69) is 4.74 Å². The third kappa shape index (κ3) is 2.96. The van der Waals surface area contributed by atoms with Gasteiger partial charge < -0.3 is 9.47 Å². The average Bonchev–Trinajstić information content (AvgIpc) is 2.25. The van der Waals surface area contributed by atoms with E-state index in [1.807, 2.05) is 0 Å². The maximum Gasteiger partial charge on any atom is 0.340 e. The Morgan fingerprint density at radius 1 is 1.25 bits per heavy atom. The second kappa shape index (κ2) is 5.50. The minimum absolute atomic E-state index is 0.323. The number of carbonyl (C=O) groups is 1. The fourth-order valence-corrected chi connectivity index (χ4v) is 0.935. The minimum atomic E-state index is -1.62. The Morgan fingerprint density at radius 2 is 1.81 bits per heavy atom. The monoisotopic (exact) mass is 234 g/mol. The third-order valence-electron chi connectivity index (χ3n) is 1.70. The van der Waals surface area contributed by atoms with Gasteiger partial charge in [-0.15, -0.1) is 0 Å². The molecule has 1 aromatic carbocycles. The Balaban J connectivity index is 2.76. The van der Waals surface area contributed by atoms with Crippen molar-refractivity contribution in [2.24, 2.45) is 0 Å². The van der Waals surface area contributed by atoms with Crippen LogP contribution in [-0.4, -0.2) is 19.4 Å². The van der Waals surface area contributed by atoms with Crippen molar-refractivity contribution in [2.45, 2.75) is 6.92 Å². The van der Waals surface area contributed by atoms with Gasteiger partial charge in [-0.1, -0.05) is 0 Å². The van der Waals surface area contributed by atoms with E-state index in [0.29, 0.717) is 18.7 Å². The van der Waals surface area contributed by atoms with Gasteiger partial charge in [0.05, 0.1) is 5.56 Å². The van der Waals surface area contributed by atoms with Crippen LogP contribution >= 0.6 is 0 Å². The first-order valence-electron chi connectivity index (χ1n) is 4.45. The van der Waals surface area contributed by atoms with E-state index in [4.69, 9.17) is 4.74 Å². The number of hydrogen-bond donors (Lipinski definition) is 0. The third-order valence-corrected chi connectivity index (χ3v) is 1.70. The number of hydrogen-bond acceptors (Lipinski definition) is 3. The molecule has 0 radical (unpaired) electrons. The summed E-state index contributed by atoms with van der Waals surface area (Å²) in [6.45, 7) is 1.69. The first-order valence-corrected chi connectivity index (χ1v) is 4.45. The fraction of sp³-hybridized carbons (Fsp3) is 0.300. The zero-order valence-electron chi connectivity index (χ0n) is 8.43. The number of benzene rings is 1. The number of ether oxygens (including phenoxy) is 2. The maximum absolute atomic E-state index is 12.7. The smallest absolute Gasteiger partial charge is 0.340 e. The van der Waals surface area contributed by atoms with Crippen molar-refractivity contribution in [3.05, 3.63) is 35.1 Å². The molecule has 1 rings (SSSR count). The first kappa shape index (κ1) is 12.5. The van der Waals surface area contributed by atoms with Crippen LogP contribution in [0.5, 0.6) is 0 Å². The highest BCUT2D eigenvalue weighted by molar-refractivity contribution is 5.89. The summed E-state index contributed by atoms with van der Waals surface area (Å²) >= 11 is 0. The number of halogens is 3. The van der Waals surface area contributed by atoms with Crippen molar-refractivity contribution in [3.63, 3.8) is 0 Å². The van der Waals surface area contributed by atoms with Crippen molar-refractivity contribution in [1.29, 1.82) is 0 Å². The molecular weight excluding hydrogens is 225 g/mol. The molecule has 0 aromatic heterocycles. The van der Waals surface area contributed by atoms with Gasteiger partial charge in [-0.25, -0.2) is 18.0 Å². The van der Waals surface area contributed by atoms with E-state index in [9.17, 15) is 18.0 Å². The summed E-state index contributed by atoms with van der Waals surface area (Å²) in [7, 11) is 0. The molecule has 16 heavy (non-hydrogen) atoms. The number of esters is 1. The summed E-state index contributed by atoms with van der Waals surface area (Å²) in [5, 5.41) is 0. The van der Waals surface area contributed by atoms with Crippen LogP contribution in [0.25, 0.3) is 0 Å². The van der Waals surface area contributed by atoms with Gasteiger partial charge in [0, 0.05) is 6.61 Å². The maximum atomic E-state index is 12.7. The van der Waals surface area contributed by atoms with Gasteiger partial charge in [0.15, 0.2) is 24.2 Å². The Bertz CT molecular complexity index is 370. The Morgan fingerprint density at radius 3 is 2.31 bits per heavy atom. The summed E-state index contributed by atoms with van der Waals surface area (Å²) in [5.74, 6) is -5.49. The Hall–Kier alpha value is -1.56. The molecule has 1 aromatic rings. The summed E-state index contributed by atoms with van der Waals surface area (Å²) in [5.41, 5.74) is -0.406. The molecule has 0 aliphatic heterocycles. The highest BCUT2D eigenvalue weighted by Gasteiger charge is 2.15. The van der Waals surface area contributed by atoms with Crippen molar-refractivity contribution < 1.29 is 27.4 Å². The second-order valence-corrected chi connectivity index (χ2v) is 2.80. The quantitative estimate of drug-likeness (QED) is 0.347. The van der Waals surface area contributed by atoms with Gasteiger partial charge in [0.2, 0.25) is 0 Å². The van der Waals surface area contributed by atoms with Crippen molar-refractivity contribution in [1.82, 2.24) is 0 Å². The standard InChI is InChI=1S/C10H9F3O3/c1-2-15-5-16-10(14)6-3-7(11)9(13)8(12)4-6/h3-4H,2,5H2,1H3. The second-order valence-electron chi connectivity index (χ2n) is 2.80. The van der Waals surface area contributed by atoms with E-state index in [-0.39, 0.29) is 6.79 Å². The van der Waals surface area contributed by atoms with Gasteiger partial charge in [-0.05, 0) is 19.1 Å². The number of carbonyl (C=O) groups excluding carboxylic acids is 1. The predicted molar refractivity (Wildman–Crippen MR) is 48.2 cm³/mol. The molecule has 0 saturated carbocycles. The summed E-state index contributed by atoms with van der Waals surface area (Å²) < 4.78 is 47.2. The van der Waals surface area contributed by atoms with Gasteiger partial charge in [0.25, 0.3) is 0 Å². The van der Waals surface area contributed by atoms with E-state index in [0.717, 1.165) is 0 Å². The summed E-state index contributed by atoms with van der Waals surface area (Å²) in [6, 6.07) is 1.12. The predicted octanol–water partition coefficient (Wildman–Crippen LogP) is 2.25. The van der Waals surface area contributed by atoms with E-state index in [1.165, 1.54) is 0 Å². The molecule has 0 saturated heterocycles. The van der Waals surface area contributed by atoms with Gasteiger partial charge in [-0.2, -0.15) is 0 Å². The zero-order chi connectivity index (χ0) is 12.1. The van der Waals surface area contributed by atoms with Gasteiger partial charge in [-0.3, -0.25) is 0 Å². The molecule has 0 amide bonds. The Labute approximate surface area is 89.8 Å². The van der Waals surface area contributed by atoms with Crippen LogP contribution in [-0.2, 0) is 9.47 Å². The van der Waals surface area contributed by atoms with Crippen LogP contribution < -0.4 is 0 Å². The molecule has 6 heteroatoms. The molecular formula is C10H9F3O3. The number of rotatable bonds is 4. The van der Waals surface area contributed by atoms with Gasteiger partial charge in [0.1, 0.15) is 0 Å².